The summed E-state index contributed by atoms with van der Waals surface area (Å²) < 4.78 is 16.1. The van der Waals surface area contributed by atoms with E-state index < -0.39 is 0 Å². The molecule has 0 spiro atoms. The van der Waals surface area contributed by atoms with Gasteiger partial charge in [0.2, 0.25) is 5.75 Å². The van der Waals surface area contributed by atoms with E-state index in [-0.39, 0.29) is 0 Å². The number of anilines is 1. The van der Waals surface area contributed by atoms with Crippen LogP contribution in [0.5, 0.6) is 17.2 Å². The summed E-state index contributed by atoms with van der Waals surface area (Å²) in [5, 5.41) is 0.823. The lowest BCUT2D eigenvalue weighted by atomic mass is 10.1. The van der Waals surface area contributed by atoms with E-state index in [2.05, 4.69) is 9.97 Å². The first-order valence-corrected chi connectivity index (χ1v) is 7.00. The fraction of sp³-hybridized carbons (Fsp3) is 0.176. The molecule has 0 aliphatic rings. The number of methoxy groups -OCH3 is 3. The van der Waals surface area contributed by atoms with Crippen LogP contribution < -0.4 is 19.9 Å². The van der Waals surface area contributed by atoms with Gasteiger partial charge in [0.05, 0.1) is 26.8 Å². The summed E-state index contributed by atoms with van der Waals surface area (Å²) in [5.74, 6) is 2.53. The number of nitrogens with zero attached hydrogens (tertiary/aromatic N) is 2. The van der Waals surface area contributed by atoms with Gasteiger partial charge in [-0.2, -0.15) is 0 Å². The molecule has 2 N–H and O–H groups in total. The molecule has 0 aliphatic carbocycles. The SMILES string of the molecule is COc1cc(-c2nc(N)c3ccccc3n2)cc(OC)c1OC. The first-order valence-electron chi connectivity index (χ1n) is 7.00. The van der Waals surface area contributed by atoms with Crippen molar-refractivity contribution < 1.29 is 14.2 Å². The second-order valence-corrected chi connectivity index (χ2v) is 4.86. The predicted molar refractivity (Wildman–Crippen MR) is 89.0 cm³/mol. The molecule has 0 saturated carbocycles. The molecule has 3 rings (SSSR count). The van der Waals surface area contributed by atoms with Crippen molar-refractivity contribution in [3.63, 3.8) is 0 Å². The van der Waals surface area contributed by atoms with Crippen LogP contribution in [0.15, 0.2) is 36.4 Å². The van der Waals surface area contributed by atoms with Crippen molar-refractivity contribution in [2.45, 2.75) is 0 Å². The number of rotatable bonds is 4. The molecular formula is C17H17N3O3. The van der Waals surface area contributed by atoms with Gasteiger partial charge in [-0.05, 0) is 24.3 Å². The monoisotopic (exact) mass is 311 g/mol. The Morgan fingerprint density at radius 1 is 0.870 bits per heavy atom. The highest BCUT2D eigenvalue weighted by atomic mass is 16.5. The average molecular weight is 311 g/mol. The van der Waals surface area contributed by atoms with Gasteiger partial charge in [-0.25, -0.2) is 9.97 Å². The molecule has 1 aromatic heterocycles. The summed E-state index contributed by atoms with van der Waals surface area (Å²) in [4.78, 5) is 8.96. The van der Waals surface area contributed by atoms with Crippen molar-refractivity contribution in [1.82, 2.24) is 9.97 Å². The van der Waals surface area contributed by atoms with Crippen LogP contribution in [0.4, 0.5) is 5.82 Å². The third-order valence-corrected chi connectivity index (χ3v) is 3.56. The van der Waals surface area contributed by atoms with E-state index in [9.17, 15) is 0 Å². The summed E-state index contributed by atoms with van der Waals surface area (Å²) in [5.41, 5.74) is 7.57. The van der Waals surface area contributed by atoms with Crippen molar-refractivity contribution in [3.8, 4) is 28.6 Å². The molecule has 0 aliphatic heterocycles. The minimum absolute atomic E-state index is 0.430. The average Bonchev–Trinajstić information content (AvgIpc) is 2.60. The summed E-state index contributed by atoms with van der Waals surface area (Å²) in [6.45, 7) is 0. The van der Waals surface area contributed by atoms with E-state index in [0.717, 1.165) is 16.5 Å². The highest BCUT2D eigenvalue weighted by molar-refractivity contribution is 5.89. The lowest BCUT2D eigenvalue weighted by Crippen LogP contribution is -2.00. The van der Waals surface area contributed by atoms with E-state index in [0.29, 0.717) is 28.9 Å². The zero-order valence-electron chi connectivity index (χ0n) is 13.2. The lowest BCUT2D eigenvalue weighted by Gasteiger charge is -2.14. The van der Waals surface area contributed by atoms with Gasteiger partial charge >= 0.3 is 0 Å². The van der Waals surface area contributed by atoms with Gasteiger partial charge in [-0.1, -0.05) is 12.1 Å². The largest absolute Gasteiger partial charge is 0.493 e. The number of benzene rings is 2. The number of hydrogen-bond donors (Lipinski definition) is 1. The molecule has 6 heteroatoms. The molecule has 3 aromatic rings. The van der Waals surface area contributed by atoms with Gasteiger partial charge in [0.25, 0.3) is 0 Å². The van der Waals surface area contributed by atoms with Crippen molar-refractivity contribution in [2.24, 2.45) is 0 Å². The van der Waals surface area contributed by atoms with Crippen molar-refractivity contribution in [3.05, 3.63) is 36.4 Å². The van der Waals surface area contributed by atoms with E-state index in [1.165, 1.54) is 0 Å². The van der Waals surface area contributed by atoms with E-state index in [1.807, 2.05) is 24.3 Å². The van der Waals surface area contributed by atoms with Crippen LogP contribution in [0.2, 0.25) is 0 Å². The second kappa shape index (κ2) is 6.00. The fourth-order valence-corrected chi connectivity index (χ4v) is 2.44. The molecule has 0 radical (unpaired) electrons. The fourth-order valence-electron chi connectivity index (χ4n) is 2.44. The maximum atomic E-state index is 6.05. The molecule has 0 unspecified atom stereocenters. The maximum Gasteiger partial charge on any atom is 0.203 e. The second-order valence-electron chi connectivity index (χ2n) is 4.86. The maximum absolute atomic E-state index is 6.05. The standard InChI is InChI=1S/C17H17N3O3/c1-21-13-8-10(9-14(22-2)15(13)23-3)17-19-12-7-5-4-6-11(12)16(18)20-17/h4-9H,1-3H3,(H2,18,19,20). The van der Waals surface area contributed by atoms with Crippen LogP contribution in [-0.4, -0.2) is 31.3 Å². The Balaban J connectivity index is 2.22. The van der Waals surface area contributed by atoms with E-state index >= 15 is 0 Å². The Morgan fingerprint density at radius 3 is 2.13 bits per heavy atom. The minimum Gasteiger partial charge on any atom is -0.493 e. The Labute approximate surface area is 133 Å². The van der Waals surface area contributed by atoms with Crippen LogP contribution in [-0.2, 0) is 0 Å². The number of aromatic nitrogens is 2. The van der Waals surface area contributed by atoms with Crippen LogP contribution in [0.25, 0.3) is 22.3 Å². The van der Waals surface area contributed by atoms with Gasteiger partial charge in [-0.3, -0.25) is 0 Å². The van der Waals surface area contributed by atoms with Crippen LogP contribution in [0, 0.1) is 0 Å². The number of para-hydroxylation sites is 1. The zero-order chi connectivity index (χ0) is 16.4. The van der Waals surface area contributed by atoms with Crippen molar-refractivity contribution in [2.75, 3.05) is 27.1 Å². The van der Waals surface area contributed by atoms with Crippen molar-refractivity contribution >= 4 is 16.7 Å². The Hall–Kier alpha value is -3.02. The highest BCUT2D eigenvalue weighted by Crippen LogP contribution is 2.40. The number of nitrogens with two attached hydrogens (primary N) is 1. The van der Waals surface area contributed by atoms with Gasteiger partial charge in [0.1, 0.15) is 5.82 Å². The molecule has 6 nitrogen and oxygen atoms in total. The molecule has 0 bridgehead atoms. The molecule has 1 heterocycles. The zero-order valence-corrected chi connectivity index (χ0v) is 13.2. The Morgan fingerprint density at radius 2 is 1.52 bits per heavy atom. The summed E-state index contributed by atoms with van der Waals surface area (Å²) >= 11 is 0. The molecule has 23 heavy (non-hydrogen) atoms. The van der Waals surface area contributed by atoms with Gasteiger partial charge in [0.15, 0.2) is 17.3 Å². The van der Waals surface area contributed by atoms with Crippen LogP contribution >= 0.6 is 0 Å². The molecule has 0 saturated heterocycles. The molecule has 118 valence electrons. The number of hydrogen-bond acceptors (Lipinski definition) is 6. The number of ether oxygens (including phenoxy) is 3. The molecule has 0 fully saturated rings. The topological polar surface area (TPSA) is 79.5 Å². The predicted octanol–water partition coefficient (Wildman–Crippen LogP) is 2.90. The molecular weight excluding hydrogens is 294 g/mol. The first-order chi connectivity index (χ1) is 11.2. The van der Waals surface area contributed by atoms with E-state index in [4.69, 9.17) is 19.9 Å². The summed E-state index contributed by atoms with van der Waals surface area (Å²) in [7, 11) is 4.69. The minimum atomic E-state index is 0.430. The van der Waals surface area contributed by atoms with Crippen molar-refractivity contribution in [1.29, 1.82) is 0 Å². The van der Waals surface area contributed by atoms with Crippen LogP contribution in [0.1, 0.15) is 0 Å². The normalized spacial score (nSPS) is 10.6. The molecule has 2 aromatic carbocycles. The molecule has 0 amide bonds. The van der Waals surface area contributed by atoms with E-state index in [1.54, 1.807) is 33.5 Å². The Bertz CT molecular complexity index is 840. The number of fused-ring (bicyclic) bond motifs is 1. The lowest BCUT2D eigenvalue weighted by molar-refractivity contribution is 0.324. The smallest absolute Gasteiger partial charge is 0.203 e. The van der Waals surface area contributed by atoms with Gasteiger partial charge in [-0.15, -0.1) is 0 Å². The van der Waals surface area contributed by atoms with Crippen LogP contribution in [0.3, 0.4) is 0 Å². The van der Waals surface area contributed by atoms with Gasteiger partial charge < -0.3 is 19.9 Å². The quantitative estimate of drug-likeness (QED) is 0.798. The first kappa shape index (κ1) is 14.9. The molecule has 0 atom stereocenters. The summed E-state index contributed by atoms with van der Waals surface area (Å²) in [6.07, 6.45) is 0. The third kappa shape index (κ3) is 2.59. The Kier molecular flexibility index (Phi) is 3.89. The highest BCUT2D eigenvalue weighted by Gasteiger charge is 2.16. The number of nitrogen functional groups attached to an aromatic ring is 1. The third-order valence-electron chi connectivity index (χ3n) is 3.56. The summed E-state index contributed by atoms with van der Waals surface area (Å²) in [6, 6.07) is 11.2. The van der Waals surface area contributed by atoms with Gasteiger partial charge in [0, 0.05) is 10.9 Å².